The van der Waals surface area contributed by atoms with E-state index in [2.05, 4.69) is 31.7 Å². The Morgan fingerprint density at radius 3 is 2.43 bits per heavy atom. The molecule has 0 spiro atoms. The maximum atomic E-state index is 7.01. The van der Waals surface area contributed by atoms with Gasteiger partial charge in [0.1, 0.15) is 0 Å². The lowest BCUT2D eigenvalue weighted by Crippen LogP contribution is -1.97. The molecule has 1 heteroatoms. The smallest absolute Gasteiger partial charge is 0.194 e. The Morgan fingerprint density at radius 1 is 1.21 bits per heavy atom. The van der Waals surface area contributed by atoms with Crippen LogP contribution in [0.15, 0.2) is 30.3 Å². The van der Waals surface area contributed by atoms with Crippen molar-refractivity contribution in [3.05, 3.63) is 47.3 Å². The normalized spacial score (nSPS) is 11.6. The van der Waals surface area contributed by atoms with Gasteiger partial charge in [0.25, 0.3) is 0 Å². The topological polar surface area (TPSA) is 4.36 Å². The first kappa shape index (κ1) is 10.5. The van der Waals surface area contributed by atoms with Crippen LogP contribution in [-0.2, 0) is 0 Å². The standard InChI is InChI=1S/C13H15N/c1-13(2,3)10-9-11-7-5-6-8-12(11)14-4/h5-10H,1-3H3/b10-9+. The summed E-state index contributed by atoms with van der Waals surface area (Å²) in [5, 5.41) is 0. The number of allylic oxidation sites excluding steroid dienone is 1. The zero-order chi connectivity index (χ0) is 10.6. The molecule has 1 rings (SSSR count). The molecule has 0 radical (unpaired) electrons. The predicted octanol–water partition coefficient (Wildman–Crippen LogP) is 4.30. The van der Waals surface area contributed by atoms with Gasteiger partial charge in [-0.3, -0.25) is 0 Å². The molecule has 1 aromatic rings. The van der Waals surface area contributed by atoms with E-state index in [4.69, 9.17) is 6.57 Å². The summed E-state index contributed by atoms with van der Waals surface area (Å²) in [5.41, 5.74) is 1.88. The van der Waals surface area contributed by atoms with Gasteiger partial charge in [0.2, 0.25) is 0 Å². The molecular formula is C13H15N. The van der Waals surface area contributed by atoms with Gasteiger partial charge in [-0.05, 0) is 11.0 Å². The molecule has 0 unspecified atom stereocenters. The number of hydrogen-bond acceptors (Lipinski definition) is 0. The van der Waals surface area contributed by atoms with Crippen molar-refractivity contribution in [2.75, 3.05) is 0 Å². The van der Waals surface area contributed by atoms with E-state index in [0.717, 1.165) is 5.56 Å². The highest BCUT2D eigenvalue weighted by Gasteiger charge is 2.04. The van der Waals surface area contributed by atoms with E-state index < -0.39 is 0 Å². The van der Waals surface area contributed by atoms with E-state index in [1.54, 1.807) is 0 Å². The molecule has 0 heterocycles. The van der Waals surface area contributed by atoms with E-state index in [1.807, 2.05) is 30.3 Å². The number of nitrogens with zero attached hydrogens (tertiary/aromatic N) is 1. The monoisotopic (exact) mass is 185 g/mol. The Hall–Kier alpha value is -1.55. The van der Waals surface area contributed by atoms with Gasteiger partial charge >= 0.3 is 0 Å². The van der Waals surface area contributed by atoms with Crippen molar-refractivity contribution in [1.82, 2.24) is 0 Å². The molecule has 0 N–H and O–H groups in total. The Bertz CT molecular complexity index is 375. The summed E-state index contributed by atoms with van der Waals surface area (Å²) in [6, 6.07) is 7.66. The number of para-hydroxylation sites is 1. The van der Waals surface area contributed by atoms with Crippen molar-refractivity contribution in [2.24, 2.45) is 5.41 Å². The van der Waals surface area contributed by atoms with Crippen LogP contribution in [0.2, 0.25) is 0 Å². The summed E-state index contributed by atoms with van der Waals surface area (Å²) in [4.78, 5) is 3.47. The molecule has 0 aromatic heterocycles. The maximum Gasteiger partial charge on any atom is 0.194 e. The zero-order valence-electron chi connectivity index (χ0n) is 8.91. The summed E-state index contributed by atoms with van der Waals surface area (Å²) in [6.45, 7) is 13.4. The fraction of sp³-hybridized carbons (Fsp3) is 0.308. The Morgan fingerprint density at radius 2 is 1.86 bits per heavy atom. The summed E-state index contributed by atoms with van der Waals surface area (Å²) in [5.74, 6) is 0. The molecule has 0 saturated carbocycles. The SMILES string of the molecule is [C-]#[N+]c1ccccc1/C=C/C(C)(C)C. The summed E-state index contributed by atoms with van der Waals surface area (Å²) in [6.07, 6.45) is 4.14. The number of rotatable bonds is 1. The molecule has 0 amide bonds. The molecule has 0 saturated heterocycles. The third-order valence-corrected chi connectivity index (χ3v) is 1.82. The highest BCUT2D eigenvalue weighted by molar-refractivity contribution is 5.67. The van der Waals surface area contributed by atoms with E-state index in [9.17, 15) is 0 Å². The minimum atomic E-state index is 0.162. The third-order valence-electron chi connectivity index (χ3n) is 1.82. The second kappa shape index (κ2) is 4.11. The van der Waals surface area contributed by atoms with Gasteiger partial charge in [-0.15, -0.1) is 0 Å². The highest BCUT2D eigenvalue weighted by atomic mass is 14.6. The maximum absolute atomic E-state index is 7.01. The van der Waals surface area contributed by atoms with Gasteiger partial charge in [-0.2, -0.15) is 0 Å². The van der Waals surface area contributed by atoms with Crippen LogP contribution in [-0.4, -0.2) is 0 Å². The van der Waals surface area contributed by atoms with Crippen molar-refractivity contribution in [3.8, 4) is 0 Å². The second-order valence-corrected chi connectivity index (χ2v) is 4.37. The molecule has 0 aliphatic carbocycles. The van der Waals surface area contributed by atoms with Crippen LogP contribution in [0.5, 0.6) is 0 Å². The second-order valence-electron chi connectivity index (χ2n) is 4.37. The predicted molar refractivity (Wildman–Crippen MR) is 61.2 cm³/mol. The van der Waals surface area contributed by atoms with Crippen molar-refractivity contribution < 1.29 is 0 Å². The molecule has 1 nitrogen and oxygen atoms in total. The summed E-state index contributed by atoms with van der Waals surface area (Å²) >= 11 is 0. The fourth-order valence-electron chi connectivity index (χ4n) is 1.07. The molecular weight excluding hydrogens is 170 g/mol. The van der Waals surface area contributed by atoms with Gasteiger partial charge in [0.15, 0.2) is 5.69 Å². The van der Waals surface area contributed by atoms with E-state index >= 15 is 0 Å². The lowest BCUT2D eigenvalue weighted by Gasteiger charge is -2.11. The van der Waals surface area contributed by atoms with E-state index in [0.29, 0.717) is 5.69 Å². The van der Waals surface area contributed by atoms with Gasteiger partial charge in [-0.25, -0.2) is 4.85 Å². The van der Waals surface area contributed by atoms with Gasteiger partial charge in [-0.1, -0.05) is 57.2 Å². The molecule has 0 fully saturated rings. The number of benzene rings is 1. The van der Waals surface area contributed by atoms with Crippen LogP contribution in [0, 0.1) is 12.0 Å². The first-order chi connectivity index (χ1) is 6.53. The Labute approximate surface area is 85.9 Å². The van der Waals surface area contributed by atoms with Crippen molar-refractivity contribution in [3.63, 3.8) is 0 Å². The molecule has 72 valence electrons. The largest absolute Gasteiger partial charge is 0.238 e. The van der Waals surface area contributed by atoms with Gasteiger partial charge in [0.05, 0.1) is 6.57 Å². The fourth-order valence-corrected chi connectivity index (χ4v) is 1.07. The van der Waals surface area contributed by atoms with Crippen LogP contribution >= 0.6 is 0 Å². The Kier molecular flexibility index (Phi) is 3.09. The average molecular weight is 185 g/mol. The zero-order valence-corrected chi connectivity index (χ0v) is 8.91. The van der Waals surface area contributed by atoms with E-state index in [-0.39, 0.29) is 5.41 Å². The van der Waals surface area contributed by atoms with Crippen LogP contribution in [0.3, 0.4) is 0 Å². The minimum Gasteiger partial charge on any atom is -0.238 e. The third kappa shape index (κ3) is 3.06. The summed E-state index contributed by atoms with van der Waals surface area (Å²) < 4.78 is 0. The quantitative estimate of drug-likeness (QED) is 0.575. The molecule has 14 heavy (non-hydrogen) atoms. The first-order valence-electron chi connectivity index (χ1n) is 4.69. The van der Waals surface area contributed by atoms with Crippen LogP contribution < -0.4 is 0 Å². The Balaban J connectivity index is 2.99. The van der Waals surface area contributed by atoms with Crippen molar-refractivity contribution in [1.29, 1.82) is 0 Å². The van der Waals surface area contributed by atoms with Gasteiger partial charge in [0, 0.05) is 0 Å². The summed E-state index contributed by atoms with van der Waals surface area (Å²) in [7, 11) is 0. The van der Waals surface area contributed by atoms with Crippen molar-refractivity contribution >= 4 is 11.8 Å². The lowest BCUT2D eigenvalue weighted by atomic mass is 9.95. The van der Waals surface area contributed by atoms with E-state index in [1.165, 1.54) is 0 Å². The molecule has 0 bridgehead atoms. The van der Waals surface area contributed by atoms with Crippen molar-refractivity contribution in [2.45, 2.75) is 20.8 Å². The highest BCUT2D eigenvalue weighted by Crippen LogP contribution is 2.23. The molecule has 0 atom stereocenters. The molecule has 0 aliphatic rings. The lowest BCUT2D eigenvalue weighted by molar-refractivity contribution is 0.547. The molecule has 1 aromatic carbocycles. The van der Waals surface area contributed by atoms with Crippen LogP contribution in [0.1, 0.15) is 26.3 Å². The van der Waals surface area contributed by atoms with Crippen LogP contribution in [0.25, 0.3) is 10.9 Å². The first-order valence-corrected chi connectivity index (χ1v) is 4.69. The average Bonchev–Trinajstić information content (AvgIpc) is 2.14. The number of hydrogen-bond donors (Lipinski definition) is 0. The van der Waals surface area contributed by atoms with Gasteiger partial charge < -0.3 is 0 Å². The minimum absolute atomic E-state index is 0.162. The van der Waals surface area contributed by atoms with Crippen LogP contribution in [0.4, 0.5) is 5.69 Å². The molecule has 0 aliphatic heterocycles.